The molecule has 56 valence electrons. The highest BCUT2D eigenvalue weighted by Gasteiger charge is 1.86. The van der Waals surface area contributed by atoms with Crippen molar-refractivity contribution in [3.8, 4) is 0 Å². The SMILES string of the molecule is CCCCC(N)=NC.Cl. The van der Waals surface area contributed by atoms with Crippen molar-refractivity contribution < 1.29 is 0 Å². The Labute approximate surface area is 63.0 Å². The summed E-state index contributed by atoms with van der Waals surface area (Å²) in [5.41, 5.74) is 5.41. The summed E-state index contributed by atoms with van der Waals surface area (Å²) < 4.78 is 0. The summed E-state index contributed by atoms with van der Waals surface area (Å²) in [6.45, 7) is 2.14. The molecule has 0 aromatic heterocycles. The Morgan fingerprint density at radius 1 is 1.56 bits per heavy atom. The first-order valence-electron chi connectivity index (χ1n) is 3.02. The third-order valence-corrected chi connectivity index (χ3v) is 1.07. The summed E-state index contributed by atoms with van der Waals surface area (Å²) in [6.07, 6.45) is 3.30. The summed E-state index contributed by atoms with van der Waals surface area (Å²) >= 11 is 0. The van der Waals surface area contributed by atoms with Crippen LogP contribution in [0.3, 0.4) is 0 Å². The quantitative estimate of drug-likeness (QED) is 0.482. The van der Waals surface area contributed by atoms with Crippen molar-refractivity contribution in [1.29, 1.82) is 0 Å². The monoisotopic (exact) mass is 150 g/mol. The predicted octanol–water partition coefficient (Wildman–Crippen LogP) is 1.59. The zero-order valence-corrected chi connectivity index (χ0v) is 6.87. The van der Waals surface area contributed by atoms with Crippen LogP contribution in [0.25, 0.3) is 0 Å². The van der Waals surface area contributed by atoms with Gasteiger partial charge in [0, 0.05) is 13.5 Å². The lowest BCUT2D eigenvalue weighted by atomic mass is 10.2. The summed E-state index contributed by atoms with van der Waals surface area (Å²) in [4.78, 5) is 3.82. The smallest absolute Gasteiger partial charge is 0.0933 e. The molecule has 0 fully saturated rings. The molecule has 0 saturated carbocycles. The van der Waals surface area contributed by atoms with Crippen molar-refractivity contribution in [2.75, 3.05) is 7.05 Å². The van der Waals surface area contributed by atoms with Gasteiger partial charge in [-0.15, -0.1) is 12.4 Å². The van der Waals surface area contributed by atoms with Gasteiger partial charge in [0.25, 0.3) is 0 Å². The second-order valence-corrected chi connectivity index (χ2v) is 1.82. The van der Waals surface area contributed by atoms with Gasteiger partial charge in [-0.05, 0) is 6.42 Å². The molecular weight excluding hydrogens is 136 g/mol. The van der Waals surface area contributed by atoms with Gasteiger partial charge < -0.3 is 5.73 Å². The Morgan fingerprint density at radius 3 is 2.44 bits per heavy atom. The van der Waals surface area contributed by atoms with E-state index in [4.69, 9.17) is 5.73 Å². The van der Waals surface area contributed by atoms with Crippen molar-refractivity contribution >= 4 is 18.2 Å². The van der Waals surface area contributed by atoms with Gasteiger partial charge in [0.05, 0.1) is 5.84 Å². The zero-order valence-electron chi connectivity index (χ0n) is 6.05. The summed E-state index contributed by atoms with van der Waals surface area (Å²) in [5.74, 6) is 0.770. The second kappa shape index (κ2) is 7.76. The molecule has 3 heteroatoms. The van der Waals surface area contributed by atoms with Gasteiger partial charge in [-0.1, -0.05) is 13.3 Å². The van der Waals surface area contributed by atoms with Crippen molar-refractivity contribution in [2.45, 2.75) is 26.2 Å². The molecule has 0 radical (unpaired) electrons. The van der Waals surface area contributed by atoms with E-state index in [-0.39, 0.29) is 12.4 Å². The lowest BCUT2D eigenvalue weighted by Gasteiger charge is -1.93. The molecule has 0 aliphatic heterocycles. The normalized spacial score (nSPS) is 10.7. The maximum atomic E-state index is 5.41. The molecule has 0 bridgehead atoms. The van der Waals surface area contributed by atoms with Crippen LogP contribution >= 0.6 is 12.4 Å². The summed E-state index contributed by atoms with van der Waals surface area (Å²) in [7, 11) is 1.73. The highest BCUT2D eigenvalue weighted by atomic mass is 35.5. The van der Waals surface area contributed by atoms with Crippen LogP contribution in [-0.4, -0.2) is 12.9 Å². The first-order valence-corrected chi connectivity index (χ1v) is 3.02. The standard InChI is InChI=1S/C6H14N2.ClH/c1-3-4-5-6(7)8-2;/h3-5H2,1-2H3,(H2,7,8);1H. The maximum absolute atomic E-state index is 5.41. The molecule has 0 aromatic carbocycles. The molecule has 0 atom stereocenters. The van der Waals surface area contributed by atoms with Gasteiger partial charge in [0.15, 0.2) is 0 Å². The van der Waals surface area contributed by atoms with E-state index in [9.17, 15) is 0 Å². The number of amidine groups is 1. The van der Waals surface area contributed by atoms with Gasteiger partial charge in [-0.25, -0.2) is 0 Å². The van der Waals surface area contributed by atoms with E-state index in [1.54, 1.807) is 7.05 Å². The van der Waals surface area contributed by atoms with E-state index in [0.29, 0.717) is 0 Å². The van der Waals surface area contributed by atoms with Gasteiger partial charge in [-0.2, -0.15) is 0 Å². The number of halogens is 1. The molecule has 0 saturated heterocycles. The Hall–Kier alpha value is -0.240. The average molecular weight is 151 g/mol. The van der Waals surface area contributed by atoms with Crippen LogP contribution < -0.4 is 5.73 Å². The van der Waals surface area contributed by atoms with Gasteiger partial charge in [-0.3, -0.25) is 4.99 Å². The fourth-order valence-corrected chi connectivity index (χ4v) is 0.470. The second-order valence-electron chi connectivity index (χ2n) is 1.82. The molecule has 0 heterocycles. The first kappa shape index (κ1) is 11.5. The first-order chi connectivity index (χ1) is 3.81. The van der Waals surface area contributed by atoms with Crippen molar-refractivity contribution in [2.24, 2.45) is 10.7 Å². The lowest BCUT2D eigenvalue weighted by molar-refractivity contribution is 0.830. The number of nitrogens with two attached hydrogens (primary N) is 1. The fourth-order valence-electron chi connectivity index (χ4n) is 0.470. The molecule has 9 heavy (non-hydrogen) atoms. The van der Waals surface area contributed by atoms with Crippen LogP contribution in [-0.2, 0) is 0 Å². The predicted molar refractivity (Wildman–Crippen MR) is 44.3 cm³/mol. The van der Waals surface area contributed by atoms with E-state index >= 15 is 0 Å². The molecule has 0 aliphatic carbocycles. The number of hydrogen-bond donors (Lipinski definition) is 1. The van der Waals surface area contributed by atoms with Gasteiger partial charge in [0.2, 0.25) is 0 Å². The molecule has 0 unspecified atom stereocenters. The molecule has 0 aliphatic rings. The van der Waals surface area contributed by atoms with Gasteiger partial charge >= 0.3 is 0 Å². The number of rotatable bonds is 3. The number of unbranched alkanes of at least 4 members (excludes halogenated alkanes) is 1. The van der Waals surface area contributed by atoms with Crippen LogP contribution in [0.4, 0.5) is 0 Å². The van der Waals surface area contributed by atoms with E-state index in [1.807, 2.05) is 0 Å². The molecule has 2 nitrogen and oxygen atoms in total. The zero-order chi connectivity index (χ0) is 6.41. The maximum Gasteiger partial charge on any atom is 0.0933 e. The lowest BCUT2D eigenvalue weighted by Crippen LogP contribution is -2.10. The number of nitrogens with zero attached hydrogens (tertiary/aromatic N) is 1. The number of hydrogen-bond acceptors (Lipinski definition) is 1. The molecule has 0 amide bonds. The topological polar surface area (TPSA) is 38.4 Å². The highest BCUT2D eigenvalue weighted by Crippen LogP contribution is 1.91. The minimum Gasteiger partial charge on any atom is -0.387 e. The Balaban J connectivity index is 0. The Bertz CT molecular complexity index is 81.1. The minimum atomic E-state index is 0. The van der Waals surface area contributed by atoms with Crippen molar-refractivity contribution in [3.63, 3.8) is 0 Å². The van der Waals surface area contributed by atoms with E-state index in [2.05, 4.69) is 11.9 Å². The molecule has 0 aromatic rings. The van der Waals surface area contributed by atoms with E-state index < -0.39 is 0 Å². The Morgan fingerprint density at radius 2 is 2.11 bits per heavy atom. The molecule has 2 N–H and O–H groups in total. The largest absolute Gasteiger partial charge is 0.387 e. The third-order valence-electron chi connectivity index (χ3n) is 1.07. The van der Waals surface area contributed by atoms with Crippen LogP contribution in [0.2, 0.25) is 0 Å². The fraction of sp³-hybridized carbons (Fsp3) is 0.833. The Kier molecular flexibility index (Phi) is 9.95. The van der Waals surface area contributed by atoms with Crippen LogP contribution in [0.5, 0.6) is 0 Å². The molecular formula is C6H15ClN2. The minimum absolute atomic E-state index is 0. The molecule has 0 rings (SSSR count). The van der Waals surface area contributed by atoms with Crippen molar-refractivity contribution in [1.82, 2.24) is 0 Å². The van der Waals surface area contributed by atoms with E-state index in [0.717, 1.165) is 18.7 Å². The van der Waals surface area contributed by atoms with E-state index in [1.165, 1.54) is 6.42 Å². The summed E-state index contributed by atoms with van der Waals surface area (Å²) in [5, 5.41) is 0. The number of aliphatic imine (C=N–C) groups is 1. The average Bonchev–Trinajstić information content (AvgIpc) is 1.83. The van der Waals surface area contributed by atoms with Crippen LogP contribution in [0, 0.1) is 0 Å². The van der Waals surface area contributed by atoms with Gasteiger partial charge in [0.1, 0.15) is 0 Å². The summed E-state index contributed by atoms with van der Waals surface area (Å²) in [6, 6.07) is 0. The highest BCUT2D eigenvalue weighted by molar-refractivity contribution is 5.85. The van der Waals surface area contributed by atoms with Crippen molar-refractivity contribution in [3.05, 3.63) is 0 Å². The van der Waals surface area contributed by atoms with Crippen LogP contribution in [0.1, 0.15) is 26.2 Å². The molecule has 0 spiro atoms. The van der Waals surface area contributed by atoms with Crippen LogP contribution in [0.15, 0.2) is 4.99 Å². The third kappa shape index (κ3) is 7.76.